The monoisotopic (exact) mass is 326 g/mol. The van der Waals surface area contributed by atoms with Crippen LogP contribution in [0.4, 0.5) is 0 Å². The predicted molar refractivity (Wildman–Crippen MR) is 74.8 cm³/mol. The molecule has 0 radical (unpaired) electrons. The summed E-state index contributed by atoms with van der Waals surface area (Å²) in [7, 11) is 3.12. The van der Waals surface area contributed by atoms with Crippen LogP contribution in [0.1, 0.15) is 23.0 Å². The van der Waals surface area contributed by atoms with Crippen molar-refractivity contribution >= 4 is 15.9 Å². The van der Waals surface area contributed by atoms with Crippen molar-refractivity contribution < 1.29 is 19.0 Å². The van der Waals surface area contributed by atoms with Crippen LogP contribution in [0.2, 0.25) is 0 Å². The van der Waals surface area contributed by atoms with Gasteiger partial charge in [0.1, 0.15) is 11.9 Å². The molecule has 5 heteroatoms. The number of aryl methyl sites for hydroxylation is 1. The molecule has 0 bridgehead atoms. The van der Waals surface area contributed by atoms with E-state index in [0.717, 1.165) is 10.0 Å². The zero-order valence-electron chi connectivity index (χ0n) is 10.9. The maximum atomic E-state index is 10.4. The molecular formula is C14H15BrO4. The number of aliphatic hydroxyl groups is 1. The third-order valence-electron chi connectivity index (χ3n) is 2.95. The fourth-order valence-electron chi connectivity index (χ4n) is 1.89. The van der Waals surface area contributed by atoms with Crippen LogP contribution in [0.25, 0.3) is 0 Å². The Labute approximate surface area is 120 Å². The molecule has 0 spiro atoms. The summed E-state index contributed by atoms with van der Waals surface area (Å²) >= 11 is 3.42. The number of rotatable bonds is 4. The highest BCUT2D eigenvalue weighted by atomic mass is 79.9. The SMILES string of the molecule is COc1cc(Br)c(C(O)c2occc2C)cc1OC. The van der Waals surface area contributed by atoms with Gasteiger partial charge in [-0.05, 0) is 30.7 Å². The Morgan fingerprint density at radius 2 is 1.84 bits per heavy atom. The van der Waals surface area contributed by atoms with E-state index in [1.807, 2.05) is 13.0 Å². The largest absolute Gasteiger partial charge is 0.493 e. The standard InChI is InChI=1S/C14H15BrO4/c1-8-4-5-19-14(8)13(16)9-6-11(17-2)12(18-3)7-10(9)15/h4-7,13,16H,1-3H3. The average molecular weight is 327 g/mol. The van der Waals surface area contributed by atoms with E-state index in [-0.39, 0.29) is 0 Å². The zero-order chi connectivity index (χ0) is 14.0. The molecule has 0 fully saturated rings. The van der Waals surface area contributed by atoms with Gasteiger partial charge in [0.25, 0.3) is 0 Å². The third kappa shape index (κ3) is 2.62. The number of benzene rings is 1. The van der Waals surface area contributed by atoms with Crippen molar-refractivity contribution in [3.05, 3.63) is 45.8 Å². The second kappa shape index (κ2) is 5.67. The summed E-state index contributed by atoms with van der Waals surface area (Å²) < 4.78 is 16.5. The Bertz CT molecular complexity index is 577. The van der Waals surface area contributed by atoms with E-state index in [1.165, 1.54) is 0 Å². The van der Waals surface area contributed by atoms with Crippen LogP contribution in [0.5, 0.6) is 11.5 Å². The van der Waals surface area contributed by atoms with Crippen molar-refractivity contribution in [1.29, 1.82) is 0 Å². The van der Waals surface area contributed by atoms with Gasteiger partial charge in [0.05, 0.1) is 20.5 Å². The second-order valence-corrected chi connectivity index (χ2v) is 4.95. The first-order valence-electron chi connectivity index (χ1n) is 5.72. The first-order valence-corrected chi connectivity index (χ1v) is 6.51. The molecular weight excluding hydrogens is 312 g/mol. The molecule has 0 saturated heterocycles. The van der Waals surface area contributed by atoms with Gasteiger partial charge in [-0.15, -0.1) is 0 Å². The van der Waals surface area contributed by atoms with Gasteiger partial charge in [-0.3, -0.25) is 0 Å². The molecule has 0 aliphatic rings. The molecule has 1 aromatic carbocycles. The molecule has 2 aromatic rings. The van der Waals surface area contributed by atoms with Crippen LogP contribution >= 0.6 is 15.9 Å². The highest BCUT2D eigenvalue weighted by Gasteiger charge is 2.21. The Hall–Kier alpha value is -1.46. The molecule has 1 unspecified atom stereocenters. The first kappa shape index (κ1) is 14.0. The lowest BCUT2D eigenvalue weighted by Crippen LogP contribution is -2.02. The Morgan fingerprint density at radius 3 is 2.37 bits per heavy atom. The van der Waals surface area contributed by atoms with Crippen LogP contribution in [0.15, 0.2) is 33.4 Å². The minimum Gasteiger partial charge on any atom is -0.493 e. The maximum Gasteiger partial charge on any atom is 0.161 e. The maximum absolute atomic E-state index is 10.4. The molecule has 0 aliphatic carbocycles. The summed E-state index contributed by atoms with van der Waals surface area (Å²) in [4.78, 5) is 0. The van der Waals surface area contributed by atoms with E-state index in [0.29, 0.717) is 22.8 Å². The van der Waals surface area contributed by atoms with Crippen LogP contribution in [0.3, 0.4) is 0 Å². The van der Waals surface area contributed by atoms with Gasteiger partial charge >= 0.3 is 0 Å². The fourth-order valence-corrected chi connectivity index (χ4v) is 2.42. The fraction of sp³-hybridized carbons (Fsp3) is 0.286. The van der Waals surface area contributed by atoms with E-state index in [4.69, 9.17) is 13.9 Å². The van der Waals surface area contributed by atoms with E-state index >= 15 is 0 Å². The van der Waals surface area contributed by atoms with E-state index < -0.39 is 6.10 Å². The van der Waals surface area contributed by atoms with Gasteiger partial charge < -0.3 is 19.0 Å². The van der Waals surface area contributed by atoms with Gasteiger partial charge in [0, 0.05) is 10.0 Å². The van der Waals surface area contributed by atoms with Gasteiger partial charge in [0.15, 0.2) is 11.5 Å². The number of hydrogen-bond donors (Lipinski definition) is 1. The summed E-state index contributed by atoms with van der Waals surface area (Å²) in [6, 6.07) is 5.30. The topological polar surface area (TPSA) is 51.8 Å². The highest BCUT2D eigenvalue weighted by molar-refractivity contribution is 9.10. The quantitative estimate of drug-likeness (QED) is 0.934. The van der Waals surface area contributed by atoms with Crippen LogP contribution < -0.4 is 9.47 Å². The lowest BCUT2D eigenvalue weighted by Gasteiger charge is -2.15. The summed E-state index contributed by atoms with van der Waals surface area (Å²) in [6.45, 7) is 1.89. The minimum absolute atomic E-state index is 0.521. The molecule has 0 aliphatic heterocycles. The summed E-state index contributed by atoms with van der Waals surface area (Å²) in [6.07, 6.45) is 0.701. The van der Waals surface area contributed by atoms with E-state index in [1.54, 1.807) is 32.6 Å². The van der Waals surface area contributed by atoms with Gasteiger partial charge in [0.2, 0.25) is 0 Å². The number of ether oxygens (including phenoxy) is 2. The molecule has 102 valence electrons. The van der Waals surface area contributed by atoms with Crippen molar-refractivity contribution in [1.82, 2.24) is 0 Å². The van der Waals surface area contributed by atoms with Crippen molar-refractivity contribution in [2.24, 2.45) is 0 Å². The van der Waals surface area contributed by atoms with E-state index in [9.17, 15) is 5.11 Å². The number of hydrogen-bond acceptors (Lipinski definition) is 4. The second-order valence-electron chi connectivity index (χ2n) is 4.10. The Morgan fingerprint density at radius 1 is 1.21 bits per heavy atom. The average Bonchev–Trinajstić information content (AvgIpc) is 2.83. The first-order chi connectivity index (χ1) is 9.08. The third-order valence-corrected chi connectivity index (χ3v) is 3.63. The number of aliphatic hydroxyl groups excluding tert-OH is 1. The van der Waals surface area contributed by atoms with Crippen molar-refractivity contribution in [3.63, 3.8) is 0 Å². The molecule has 1 atom stereocenters. The van der Waals surface area contributed by atoms with Gasteiger partial charge in [-0.25, -0.2) is 0 Å². The minimum atomic E-state index is -0.857. The molecule has 1 N–H and O–H groups in total. The Kier molecular flexibility index (Phi) is 4.17. The van der Waals surface area contributed by atoms with Gasteiger partial charge in [-0.2, -0.15) is 0 Å². The van der Waals surface area contributed by atoms with Crippen molar-refractivity contribution in [2.45, 2.75) is 13.0 Å². The molecule has 2 rings (SSSR count). The predicted octanol–water partition coefficient (Wildman–Crippen LogP) is 3.45. The van der Waals surface area contributed by atoms with Crippen LogP contribution in [-0.4, -0.2) is 19.3 Å². The molecule has 4 nitrogen and oxygen atoms in total. The van der Waals surface area contributed by atoms with Crippen molar-refractivity contribution in [2.75, 3.05) is 14.2 Å². The van der Waals surface area contributed by atoms with Gasteiger partial charge in [-0.1, -0.05) is 15.9 Å². The number of furan rings is 1. The lowest BCUT2D eigenvalue weighted by atomic mass is 10.0. The van der Waals surface area contributed by atoms with Crippen LogP contribution in [0, 0.1) is 6.92 Å². The number of methoxy groups -OCH3 is 2. The molecule has 19 heavy (non-hydrogen) atoms. The van der Waals surface area contributed by atoms with E-state index in [2.05, 4.69) is 15.9 Å². The molecule has 0 amide bonds. The smallest absolute Gasteiger partial charge is 0.161 e. The summed E-state index contributed by atoms with van der Waals surface area (Å²) in [5, 5.41) is 10.4. The number of halogens is 1. The normalized spacial score (nSPS) is 12.3. The Balaban J connectivity index is 2.48. The summed E-state index contributed by atoms with van der Waals surface area (Å²) in [5.74, 6) is 1.68. The lowest BCUT2D eigenvalue weighted by molar-refractivity contribution is 0.187. The zero-order valence-corrected chi connectivity index (χ0v) is 12.5. The molecule has 1 aromatic heterocycles. The highest BCUT2D eigenvalue weighted by Crippen LogP contribution is 2.38. The summed E-state index contributed by atoms with van der Waals surface area (Å²) in [5.41, 5.74) is 1.56. The molecule has 0 saturated carbocycles. The molecule has 1 heterocycles. The van der Waals surface area contributed by atoms with Crippen molar-refractivity contribution in [3.8, 4) is 11.5 Å². The van der Waals surface area contributed by atoms with Crippen LogP contribution in [-0.2, 0) is 0 Å².